The fourth-order valence-corrected chi connectivity index (χ4v) is 6.40. The van der Waals surface area contributed by atoms with E-state index in [1.165, 1.54) is 33.4 Å². The fourth-order valence-electron chi connectivity index (χ4n) is 4.39. The zero-order valence-corrected chi connectivity index (χ0v) is 35.0. The largest absolute Gasteiger partial charge is 0.484 e. The van der Waals surface area contributed by atoms with Gasteiger partial charge in [-0.15, -0.1) is 0 Å². The number of hydrogen-bond acceptors (Lipinski definition) is 7. The van der Waals surface area contributed by atoms with Crippen molar-refractivity contribution in [1.82, 2.24) is 0 Å². The van der Waals surface area contributed by atoms with Gasteiger partial charge in [0.05, 0.1) is 39.6 Å². The minimum Gasteiger partial charge on any atom is -0.373 e. The van der Waals surface area contributed by atoms with Crippen molar-refractivity contribution in [2.24, 2.45) is 0 Å². The van der Waals surface area contributed by atoms with Crippen LogP contribution >= 0.6 is 15.6 Å². The van der Waals surface area contributed by atoms with Crippen molar-refractivity contribution in [3.8, 4) is 0 Å². The van der Waals surface area contributed by atoms with Gasteiger partial charge in [0.15, 0.2) is 0 Å². The summed E-state index contributed by atoms with van der Waals surface area (Å²) < 4.78 is 50.7. The maximum absolute atomic E-state index is 13.0. The molecule has 0 aromatic carbocycles. The molecule has 0 aromatic heterocycles. The minimum absolute atomic E-state index is 0.247. The van der Waals surface area contributed by atoms with Crippen LogP contribution in [0.15, 0.2) is 93.2 Å². The monoisotopic (exact) mass is 754 g/mol. The number of rotatable bonds is 28. The van der Waals surface area contributed by atoms with Crippen LogP contribution < -0.4 is 0 Å². The third kappa shape index (κ3) is 32.5. The Morgan fingerprint density at radius 3 is 1.10 bits per heavy atom. The van der Waals surface area contributed by atoms with Crippen molar-refractivity contribution >= 4 is 15.6 Å². The first-order chi connectivity index (χ1) is 23.9. The molecule has 292 valence electrons. The molecule has 0 aliphatic carbocycles. The highest BCUT2D eigenvalue weighted by molar-refractivity contribution is 7.61. The van der Waals surface area contributed by atoms with E-state index in [-0.39, 0.29) is 13.2 Å². The standard InChI is InChI=1S/C40H68O9P2/c1-33(2)15-11-17-35(5)19-13-21-37(7)23-27-45-31-39(9)25-29-47-51(44,49-50(41,42)43)48-30-26-40(10)32-46-28-24-38(8)22-14-20-36(6)18-12-16-34(3)4/h15-16,19-20,23-26H,11-14,17-18,21-22,27-32H2,1-10H3,(H2,41,42,43)/b35-19+,36-20+,37-23+,38-24+,39-25+,40-26+. The second kappa shape index (κ2) is 28.6. The van der Waals surface area contributed by atoms with E-state index in [1.54, 1.807) is 12.2 Å². The van der Waals surface area contributed by atoms with Crippen LogP contribution in [-0.4, -0.2) is 49.4 Å². The Labute approximate surface area is 310 Å². The molecule has 0 saturated heterocycles. The van der Waals surface area contributed by atoms with Crippen molar-refractivity contribution < 1.29 is 41.7 Å². The van der Waals surface area contributed by atoms with Crippen LogP contribution in [0.1, 0.15) is 121 Å². The molecule has 0 amide bonds. The Hall–Kier alpha value is -1.90. The van der Waals surface area contributed by atoms with Gasteiger partial charge in [0.25, 0.3) is 0 Å². The second-order valence-corrected chi connectivity index (χ2v) is 16.7. The molecule has 0 heterocycles. The zero-order valence-electron chi connectivity index (χ0n) is 33.2. The molecule has 0 spiro atoms. The molecule has 0 fully saturated rings. The molecule has 0 radical (unpaired) electrons. The summed E-state index contributed by atoms with van der Waals surface area (Å²) in [5.41, 5.74) is 9.59. The van der Waals surface area contributed by atoms with Crippen molar-refractivity contribution in [2.45, 2.75) is 121 Å². The molecule has 0 unspecified atom stereocenters. The Balaban J connectivity index is 4.65. The fraction of sp³-hybridized carbons (Fsp3) is 0.600. The molecule has 0 rings (SSSR count). The van der Waals surface area contributed by atoms with Gasteiger partial charge in [0.2, 0.25) is 0 Å². The molecule has 0 aromatic rings. The molecule has 0 atom stereocenters. The molecule has 0 bridgehead atoms. The van der Waals surface area contributed by atoms with E-state index in [1.807, 2.05) is 13.8 Å². The molecule has 11 heteroatoms. The van der Waals surface area contributed by atoms with Crippen LogP contribution in [0.2, 0.25) is 0 Å². The van der Waals surface area contributed by atoms with Crippen LogP contribution in [-0.2, 0) is 32.0 Å². The molecule has 2 N–H and O–H groups in total. The number of phosphoric acid groups is 2. The summed E-state index contributed by atoms with van der Waals surface area (Å²) in [4.78, 5) is 18.6. The first kappa shape index (κ1) is 49.1. The predicted molar refractivity (Wildman–Crippen MR) is 213 cm³/mol. The minimum atomic E-state index is -5.15. The molecule has 51 heavy (non-hydrogen) atoms. The average molecular weight is 755 g/mol. The lowest BCUT2D eigenvalue weighted by Gasteiger charge is -2.17. The van der Waals surface area contributed by atoms with Crippen LogP contribution in [0.5, 0.6) is 0 Å². The Kier molecular flexibility index (Phi) is 27.5. The Bertz CT molecular complexity index is 1260. The van der Waals surface area contributed by atoms with Crippen LogP contribution in [0.3, 0.4) is 0 Å². The Morgan fingerprint density at radius 1 is 0.451 bits per heavy atom. The van der Waals surface area contributed by atoms with E-state index in [9.17, 15) is 18.9 Å². The van der Waals surface area contributed by atoms with E-state index in [4.69, 9.17) is 18.5 Å². The summed E-state index contributed by atoms with van der Waals surface area (Å²) in [6.45, 7) is 21.7. The van der Waals surface area contributed by atoms with Gasteiger partial charge >= 0.3 is 15.6 Å². The van der Waals surface area contributed by atoms with E-state index in [0.717, 1.165) is 62.5 Å². The van der Waals surface area contributed by atoms with Crippen molar-refractivity contribution in [1.29, 1.82) is 0 Å². The topological polar surface area (TPSA) is 121 Å². The van der Waals surface area contributed by atoms with Gasteiger partial charge in [-0.3, -0.25) is 9.05 Å². The van der Waals surface area contributed by atoms with E-state index >= 15 is 0 Å². The van der Waals surface area contributed by atoms with Gasteiger partial charge in [-0.1, -0.05) is 82.0 Å². The van der Waals surface area contributed by atoms with Gasteiger partial charge < -0.3 is 19.3 Å². The summed E-state index contributed by atoms with van der Waals surface area (Å²) in [7, 11) is -9.72. The van der Waals surface area contributed by atoms with Crippen LogP contribution in [0, 0.1) is 0 Å². The zero-order chi connectivity index (χ0) is 38.7. The summed E-state index contributed by atoms with van der Waals surface area (Å²) in [6, 6.07) is 0. The highest BCUT2D eigenvalue weighted by Crippen LogP contribution is 2.61. The SMILES string of the molecule is CC(C)=CCC/C(C)=C/CC/C(C)=C/COC/C(C)=C/COP(=O)(OC/C=C(\C)COC/C=C(\C)CC/C=C(\C)CCC=C(C)C)OP(=O)(O)O. The number of ether oxygens (including phenoxy) is 2. The third-order valence-electron chi connectivity index (χ3n) is 7.54. The number of allylic oxidation sites excluding steroid dienone is 10. The lowest BCUT2D eigenvalue weighted by molar-refractivity contribution is 0.157. The molecule has 0 saturated carbocycles. The van der Waals surface area contributed by atoms with Gasteiger partial charge in [-0.25, -0.2) is 9.13 Å². The average Bonchev–Trinajstić information content (AvgIpc) is 3.00. The highest BCUT2D eigenvalue weighted by Gasteiger charge is 2.35. The lowest BCUT2D eigenvalue weighted by Crippen LogP contribution is -2.03. The number of hydrogen-bond donors (Lipinski definition) is 2. The molecular weight excluding hydrogens is 686 g/mol. The Morgan fingerprint density at radius 2 is 0.765 bits per heavy atom. The molecule has 0 aliphatic heterocycles. The van der Waals surface area contributed by atoms with Crippen LogP contribution in [0.4, 0.5) is 0 Å². The summed E-state index contributed by atoms with van der Waals surface area (Å²) in [5, 5.41) is 0. The third-order valence-corrected chi connectivity index (χ3v) is 10.1. The lowest BCUT2D eigenvalue weighted by atomic mass is 10.1. The van der Waals surface area contributed by atoms with E-state index < -0.39 is 15.6 Å². The smallest absolute Gasteiger partial charge is 0.373 e. The predicted octanol–water partition coefficient (Wildman–Crippen LogP) is 12.0. The summed E-state index contributed by atoms with van der Waals surface area (Å²) in [5.74, 6) is 0. The van der Waals surface area contributed by atoms with Gasteiger partial charge in [0, 0.05) is 0 Å². The van der Waals surface area contributed by atoms with E-state index in [2.05, 4.69) is 96.2 Å². The first-order valence-electron chi connectivity index (χ1n) is 17.9. The highest BCUT2D eigenvalue weighted by atomic mass is 31.3. The maximum Gasteiger partial charge on any atom is 0.484 e. The number of phosphoric ester groups is 1. The van der Waals surface area contributed by atoms with Gasteiger partial charge in [0.1, 0.15) is 0 Å². The van der Waals surface area contributed by atoms with E-state index in [0.29, 0.717) is 26.4 Å². The quantitative estimate of drug-likeness (QED) is 0.0457. The second-order valence-electron chi connectivity index (χ2n) is 13.7. The van der Waals surface area contributed by atoms with Crippen molar-refractivity contribution in [3.05, 3.63) is 93.2 Å². The molecule has 9 nitrogen and oxygen atoms in total. The van der Waals surface area contributed by atoms with Crippen molar-refractivity contribution in [3.63, 3.8) is 0 Å². The molecular formula is C40H68O9P2. The van der Waals surface area contributed by atoms with Gasteiger partial charge in [-0.2, -0.15) is 4.31 Å². The summed E-state index contributed by atoms with van der Waals surface area (Å²) in [6.07, 6.45) is 24.7. The van der Waals surface area contributed by atoms with Gasteiger partial charge in [-0.05, 0) is 132 Å². The van der Waals surface area contributed by atoms with Crippen LogP contribution in [0.25, 0.3) is 0 Å². The van der Waals surface area contributed by atoms with Crippen molar-refractivity contribution in [2.75, 3.05) is 39.6 Å². The first-order valence-corrected chi connectivity index (χ1v) is 20.9. The summed E-state index contributed by atoms with van der Waals surface area (Å²) >= 11 is 0. The normalized spacial score (nSPS) is 15.2. The maximum atomic E-state index is 13.0. The molecule has 0 aliphatic rings.